The van der Waals surface area contributed by atoms with Crippen molar-refractivity contribution in [3.63, 3.8) is 0 Å². The van der Waals surface area contributed by atoms with Crippen LogP contribution in [0, 0.1) is 0 Å². The van der Waals surface area contributed by atoms with E-state index in [9.17, 15) is 0 Å². The summed E-state index contributed by atoms with van der Waals surface area (Å²) < 4.78 is 30.3. The van der Waals surface area contributed by atoms with E-state index in [1.54, 1.807) is 12.1 Å². The molecule has 0 unspecified atom stereocenters. The van der Waals surface area contributed by atoms with Crippen LogP contribution in [0.5, 0.6) is 17.2 Å². The number of rotatable bonds is 3. The van der Waals surface area contributed by atoms with Crippen LogP contribution in [0.1, 0.15) is 8.30 Å². The van der Waals surface area contributed by atoms with E-state index < -0.39 is 6.50 Å². The lowest BCUT2D eigenvalue weighted by atomic mass is 10.1. The molecule has 0 atom stereocenters. The second kappa shape index (κ2) is 3.75. The number of ether oxygens (including phenoxy) is 3. The predicted octanol–water partition coefficient (Wildman–Crippen LogP) is 0.925. The number of fused-ring (bicyclic) bond motifs is 1. The maximum Gasteiger partial charge on any atom is 0.231 e. The Kier molecular flexibility index (Phi) is 1.86. The molecule has 0 spiro atoms. The Morgan fingerprint density at radius 1 is 1.57 bits per heavy atom. The van der Waals surface area contributed by atoms with E-state index in [-0.39, 0.29) is 13.2 Å². The number of nitrogens with two attached hydrogens (primary N) is 1. The Hall–Kier alpha value is -1.42. The van der Waals surface area contributed by atoms with Gasteiger partial charge in [-0.15, -0.1) is 0 Å². The van der Waals surface area contributed by atoms with Crippen LogP contribution in [0.15, 0.2) is 12.1 Å². The molecule has 2 rings (SSSR count). The van der Waals surface area contributed by atoms with Crippen molar-refractivity contribution < 1.29 is 17.0 Å². The first kappa shape index (κ1) is 6.95. The molecule has 14 heavy (non-hydrogen) atoms. The minimum atomic E-state index is -1.75. The second-order valence-corrected chi connectivity index (χ2v) is 2.91. The van der Waals surface area contributed by atoms with Crippen molar-refractivity contribution in [1.29, 1.82) is 0 Å². The third-order valence-corrected chi connectivity index (χ3v) is 2.02. The zero-order valence-corrected chi connectivity index (χ0v) is 7.87. The van der Waals surface area contributed by atoms with E-state index in [1.165, 1.54) is 7.11 Å². The molecule has 1 aromatic carbocycles. The van der Waals surface area contributed by atoms with Crippen LogP contribution < -0.4 is 19.9 Å². The van der Waals surface area contributed by atoms with Gasteiger partial charge in [0, 0.05) is 2.74 Å². The molecule has 0 fully saturated rings. The first-order chi connectivity index (χ1) is 7.49. The Balaban J connectivity index is 2.35. The summed E-state index contributed by atoms with van der Waals surface area (Å²) in [5.41, 5.74) is 6.04. The molecule has 0 amide bonds. The number of benzene rings is 1. The molecule has 4 heteroatoms. The highest BCUT2D eigenvalue weighted by molar-refractivity contribution is 5.55. The van der Waals surface area contributed by atoms with Gasteiger partial charge in [0.25, 0.3) is 0 Å². The zero-order valence-electron chi connectivity index (χ0n) is 9.87. The van der Waals surface area contributed by atoms with Crippen molar-refractivity contribution in [2.24, 2.45) is 5.73 Å². The fourth-order valence-corrected chi connectivity index (χ4v) is 1.40. The summed E-state index contributed by atoms with van der Waals surface area (Å²) in [7, 11) is 1.53. The van der Waals surface area contributed by atoms with Crippen molar-refractivity contribution in [2.75, 3.05) is 20.4 Å². The largest absolute Gasteiger partial charge is 0.493 e. The van der Waals surface area contributed by atoms with Crippen LogP contribution in [0.25, 0.3) is 0 Å². The lowest BCUT2D eigenvalue weighted by molar-refractivity contribution is 0.171. The fraction of sp³-hybridized carbons (Fsp3) is 0.400. The number of hydrogen-bond acceptors (Lipinski definition) is 4. The summed E-state index contributed by atoms with van der Waals surface area (Å²) in [4.78, 5) is 0. The maximum atomic E-state index is 7.33. The zero-order chi connectivity index (χ0) is 11.8. The molecule has 76 valence electrons. The van der Waals surface area contributed by atoms with Crippen LogP contribution in [-0.2, 0) is 6.42 Å². The lowest BCUT2D eigenvalue weighted by Crippen LogP contribution is -2.02. The lowest BCUT2D eigenvalue weighted by Gasteiger charge is -2.07. The minimum Gasteiger partial charge on any atom is -0.493 e. The fourth-order valence-electron chi connectivity index (χ4n) is 1.40. The van der Waals surface area contributed by atoms with Crippen molar-refractivity contribution in [1.82, 2.24) is 0 Å². The topological polar surface area (TPSA) is 53.7 Å². The molecule has 0 saturated carbocycles. The Morgan fingerprint density at radius 2 is 2.43 bits per heavy atom. The molecule has 1 aliphatic rings. The van der Waals surface area contributed by atoms with Gasteiger partial charge in [0.15, 0.2) is 11.5 Å². The van der Waals surface area contributed by atoms with Gasteiger partial charge in [-0.3, -0.25) is 0 Å². The summed E-state index contributed by atoms with van der Waals surface area (Å²) in [6.45, 7) is -1.59. The van der Waals surface area contributed by atoms with Gasteiger partial charge in [-0.1, -0.05) is 0 Å². The Bertz CT molecular complexity index is 404. The summed E-state index contributed by atoms with van der Waals surface area (Å²) in [6.07, 6.45) is 0.0972. The van der Waals surface area contributed by atoms with Crippen molar-refractivity contribution in [2.45, 2.75) is 6.42 Å². The minimum absolute atomic E-state index is 0.0972. The van der Waals surface area contributed by atoms with Crippen LogP contribution in [-0.4, -0.2) is 20.4 Å². The second-order valence-electron chi connectivity index (χ2n) is 2.91. The molecule has 0 bridgehead atoms. The summed E-state index contributed by atoms with van der Waals surface area (Å²) in [5.74, 6) is 1.66. The summed E-state index contributed by atoms with van der Waals surface area (Å²) in [6, 6.07) is 3.42. The number of hydrogen-bond donors (Lipinski definition) is 1. The Labute approximate surface area is 85.4 Å². The molecule has 4 nitrogen and oxygen atoms in total. The first-order valence-electron chi connectivity index (χ1n) is 5.25. The van der Waals surface area contributed by atoms with Crippen LogP contribution >= 0.6 is 0 Å². The smallest absolute Gasteiger partial charge is 0.231 e. The molecule has 0 saturated heterocycles. The van der Waals surface area contributed by atoms with Gasteiger partial charge in [-0.05, 0) is 30.6 Å². The van der Waals surface area contributed by atoms with Gasteiger partial charge in [0.1, 0.15) is 0 Å². The first-order valence-corrected chi connectivity index (χ1v) is 4.25. The number of aryl methyl sites for hydroxylation is 1. The van der Waals surface area contributed by atoms with E-state index in [0.717, 1.165) is 0 Å². The molecular weight excluding hydrogens is 182 g/mol. The van der Waals surface area contributed by atoms with Gasteiger partial charge in [0.05, 0.1) is 7.11 Å². The molecular formula is C10H13NO3. The van der Waals surface area contributed by atoms with Crippen molar-refractivity contribution in [3.8, 4) is 17.2 Å². The van der Waals surface area contributed by atoms with Gasteiger partial charge < -0.3 is 19.9 Å². The molecule has 0 radical (unpaired) electrons. The summed E-state index contributed by atoms with van der Waals surface area (Å²) in [5, 5.41) is 0. The predicted molar refractivity (Wildman–Crippen MR) is 51.9 cm³/mol. The number of methoxy groups -OCH3 is 1. The summed E-state index contributed by atoms with van der Waals surface area (Å²) >= 11 is 0. The van der Waals surface area contributed by atoms with E-state index in [0.29, 0.717) is 22.8 Å². The highest BCUT2D eigenvalue weighted by Gasteiger charge is 2.19. The van der Waals surface area contributed by atoms with Crippen molar-refractivity contribution >= 4 is 0 Å². The molecule has 2 N–H and O–H groups in total. The van der Waals surface area contributed by atoms with Gasteiger partial charge in [0.2, 0.25) is 12.5 Å². The van der Waals surface area contributed by atoms with Gasteiger partial charge in [-0.25, -0.2) is 0 Å². The van der Waals surface area contributed by atoms with Crippen molar-refractivity contribution in [3.05, 3.63) is 17.7 Å². The average Bonchev–Trinajstić information content (AvgIpc) is 2.61. The third kappa shape index (κ3) is 1.48. The van der Waals surface area contributed by atoms with Crippen LogP contribution in [0.2, 0.25) is 0 Å². The van der Waals surface area contributed by atoms with E-state index in [1.807, 2.05) is 0 Å². The monoisotopic (exact) mass is 197 g/mol. The SMILES string of the molecule is [2H]C([2H])(N)Cc1cc(OC)c2c(c1)OCO2. The van der Waals surface area contributed by atoms with E-state index in [4.69, 9.17) is 22.7 Å². The van der Waals surface area contributed by atoms with Gasteiger partial charge >= 0.3 is 0 Å². The van der Waals surface area contributed by atoms with E-state index >= 15 is 0 Å². The molecule has 0 aromatic heterocycles. The molecule has 1 aliphatic heterocycles. The van der Waals surface area contributed by atoms with E-state index in [2.05, 4.69) is 0 Å². The van der Waals surface area contributed by atoms with Crippen LogP contribution in [0.3, 0.4) is 0 Å². The highest BCUT2D eigenvalue weighted by Crippen LogP contribution is 2.41. The average molecular weight is 197 g/mol. The highest BCUT2D eigenvalue weighted by atomic mass is 16.7. The quantitative estimate of drug-likeness (QED) is 0.783. The Morgan fingerprint density at radius 3 is 3.14 bits per heavy atom. The van der Waals surface area contributed by atoms with Crippen LogP contribution in [0.4, 0.5) is 0 Å². The normalized spacial score (nSPS) is 16.1. The molecule has 0 aliphatic carbocycles. The maximum absolute atomic E-state index is 7.33. The standard InChI is InChI=1S/C10H13NO3/c1-12-8-4-7(2-3-11)5-9-10(8)14-6-13-9/h4-5H,2-3,6,11H2,1H3/i3D2. The molecule has 1 aromatic rings. The molecule has 1 heterocycles. The van der Waals surface area contributed by atoms with Gasteiger partial charge in [-0.2, -0.15) is 0 Å². The third-order valence-electron chi connectivity index (χ3n) is 2.02.